The van der Waals surface area contributed by atoms with Gasteiger partial charge in [0.2, 0.25) is 0 Å². The monoisotopic (exact) mass is 725 g/mol. The lowest BCUT2D eigenvalue weighted by Gasteiger charge is -2.18. The number of unbranched alkanes of at least 4 members (excludes halogenated alkanes) is 16. The number of carbonyl (C=O) groups is 3. The van der Waals surface area contributed by atoms with Crippen molar-refractivity contribution in [1.82, 2.24) is 0 Å². The summed E-state index contributed by atoms with van der Waals surface area (Å²) in [6.45, 7) is 6.28. The summed E-state index contributed by atoms with van der Waals surface area (Å²) in [5.41, 5.74) is 0. The summed E-state index contributed by atoms with van der Waals surface area (Å²) in [4.78, 5) is 37.5. The van der Waals surface area contributed by atoms with Crippen LogP contribution in [0.1, 0.15) is 181 Å². The lowest BCUT2D eigenvalue weighted by Crippen LogP contribution is -2.30. The third-order valence-corrected chi connectivity index (χ3v) is 8.55. The van der Waals surface area contributed by atoms with E-state index in [-0.39, 0.29) is 31.1 Å². The molecule has 0 N–H and O–H groups in total. The van der Waals surface area contributed by atoms with Crippen molar-refractivity contribution in [3.63, 3.8) is 0 Å². The highest BCUT2D eigenvalue weighted by molar-refractivity contribution is 5.71. The van der Waals surface area contributed by atoms with Gasteiger partial charge in [-0.05, 0) is 64.2 Å². The molecule has 0 spiro atoms. The van der Waals surface area contributed by atoms with Gasteiger partial charge in [0.1, 0.15) is 13.2 Å². The van der Waals surface area contributed by atoms with Gasteiger partial charge in [0, 0.05) is 19.3 Å². The van der Waals surface area contributed by atoms with Gasteiger partial charge in [-0.1, -0.05) is 171 Å². The van der Waals surface area contributed by atoms with Crippen molar-refractivity contribution >= 4 is 17.9 Å². The zero-order valence-electron chi connectivity index (χ0n) is 33.5. The molecule has 0 aliphatic heterocycles. The fraction of sp³-hybridized carbons (Fsp3) is 0.674. The number of hydrogen-bond acceptors (Lipinski definition) is 6. The topological polar surface area (TPSA) is 78.9 Å². The third-order valence-electron chi connectivity index (χ3n) is 8.55. The Morgan fingerprint density at radius 3 is 1.42 bits per heavy atom. The predicted octanol–water partition coefficient (Wildman–Crippen LogP) is 13.1. The van der Waals surface area contributed by atoms with Crippen LogP contribution in [-0.2, 0) is 28.6 Å². The molecule has 0 heterocycles. The van der Waals surface area contributed by atoms with Crippen molar-refractivity contribution in [1.29, 1.82) is 0 Å². The van der Waals surface area contributed by atoms with E-state index in [4.69, 9.17) is 14.2 Å². The lowest BCUT2D eigenvalue weighted by atomic mass is 10.1. The quantitative estimate of drug-likeness (QED) is 0.0210. The largest absolute Gasteiger partial charge is 0.462 e. The van der Waals surface area contributed by atoms with Gasteiger partial charge in [-0.2, -0.15) is 0 Å². The summed E-state index contributed by atoms with van der Waals surface area (Å²) >= 11 is 0. The Labute approximate surface area is 319 Å². The second kappa shape index (κ2) is 40.6. The van der Waals surface area contributed by atoms with Crippen LogP contribution in [0.3, 0.4) is 0 Å². The molecule has 1 atom stereocenters. The van der Waals surface area contributed by atoms with E-state index >= 15 is 0 Å². The first kappa shape index (κ1) is 48.9. The highest BCUT2D eigenvalue weighted by atomic mass is 16.6. The first-order chi connectivity index (χ1) is 25.5. The summed E-state index contributed by atoms with van der Waals surface area (Å²) in [5, 5.41) is 0. The molecule has 0 aromatic rings. The first-order valence-electron chi connectivity index (χ1n) is 21.0. The zero-order chi connectivity index (χ0) is 38.0. The molecule has 0 bridgehead atoms. The molecule has 0 aliphatic carbocycles. The van der Waals surface area contributed by atoms with Crippen molar-refractivity contribution in [3.05, 3.63) is 72.9 Å². The Morgan fingerprint density at radius 1 is 0.423 bits per heavy atom. The number of carbonyl (C=O) groups excluding carboxylic acids is 3. The number of esters is 3. The van der Waals surface area contributed by atoms with Gasteiger partial charge < -0.3 is 14.2 Å². The second-order valence-electron chi connectivity index (χ2n) is 13.6. The highest BCUT2D eigenvalue weighted by Crippen LogP contribution is 2.13. The van der Waals surface area contributed by atoms with Crippen molar-refractivity contribution in [2.45, 2.75) is 187 Å². The van der Waals surface area contributed by atoms with Crippen LogP contribution >= 0.6 is 0 Å². The van der Waals surface area contributed by atoms with Crippen LogP contribution in [0.15, 0.2) is 72.9 Å². The average molecular weight is 725 g/mol. The fourth-order valence-electron chi connectivity index (χ4n) is 5.43. The predicted molar refractivity (Wildman–Crippen MR) is 219 cm³/mol. The molecular weight excluding hydrogens is 648 g/mol. The molecule has 0 saturated carbocycles. The number of allylic oxidation sites excluding steroid dienone is 12. The molecule has 0 aromatic carbocycles. The van der Waals surface area contributed by atoms with Crippen LogP contribution in [0.5, 0.6) is 0 Å². The summed E-state index contributed by atoms with van der Waals surface area (Å²) in [7, 11) is 0. The number of rotatable bonds is 36. The molecule has 296 valence electrons. The van der Waals surface area contributed by atoms with Crippen molar-refractivity contribution < 1.29 is 28.6 Å². The van der Waals surface area contributed by atoms with Crippen LogP contribution in [0, 0.1) is 0 Å². The van der Waals surface area contributed by atoms with E-state index in [1.54, 1.807) is 0 Å². The molecule has 0 radical (unpaired) electrons. The average Bonchev–Trinajstić information content (AvgIpc) is 3.14. The molecule has 0 saturated heterocycles. The Kier molecular flexibility index (Phi) is 38.2. The maximum Gasteiger partial charge on any atom is 0.306 e. The van der Waals surface area contributed by atoms with Gasteiger partial charge in [0.15, 0.2) is 6.10 Å². The Balaban J connectivity index is 4.43. The molecule has 0 fully saturated rings. The van der Waals surface area contributed by atoms with E-state index in [9.17, 15) is 14.4 Å². The number of ether oxygens (including phenoxy) is 3. The second-order valence-corrected chi connectivity index (χ2v) is 13.6. The van der Waals surface area contributed by atoms with E-state index in [0.717, 1.165) is 96.3 Å². The highest BCUT2D eigenvalue weighted by Gasteiger charge is 2.19. The minimum absolute atomic E-state index is 0.0980. The van der Waals surface area contributed by atoms with Gasteiger partial charge in [0.05, 0.1) is 0 Å². The summed E-state index contributed by atoms with van der Waals surface area (Å²) in [5.74, 6) is -0.967. The number of hydrogen-bond donors (Lipinski definition) is 0. The first-order valence-corrected chi connectivity index (χ1v) is 21.0. The smallest absolute Gasteiger partial charge is 0.306 e. The van der Waals surface area contributed by atoms with E-state index in [2.05, 4.69) is 69.4 Å². The molecule has 6 nitrogen and oxygen atoms in total. The molecule has 0 amide bonds. The molecule has 0 aromatic heterocycles. The summed E-state index contributed by atoms with van der Waals surface area (Å²) in [6.07, 6.45) is 48.9. The Bertz CT molecular complexity index is 1020. The molecule has 0 aliphatic rings. The normalized spacial score (nSPS) is 12.8. The maximum atomic E-state index is 12.6. The van der Waals surface area contributed by atoms with Crippen molar-refractivity contribution in [2.75, 3.05) is 13.2 Å². The van der Waals surface area contributed by atoms with Crippen molar-refractivity contribution in [2.24, 2.45) is 0 Å². The van der Waals surface area contributed by atoms with E-state index in [0.29, 0.717) is 19.3 Å². The SMILES string of the molecule is CC\C=C/C=C\C=C/C=C\CCCCCCCC(=O)OCC(COC(=O)CCCC/C=C\C/C=C\CC)OC(=O)CCCCCCCCCCCC. The molecule has 6 heteroatoms. The van der Waals surface area contributed by atoms with Gasteiger partial charge >= 0.3 is 17.9 Å². The molecule has 0 rings (SSSR count). The summed E-state index contributed by atoms with van der Waals surface area (Å²) in [6, 6.07) is 0. The minimum Gasteiger partial charge on any atom is -0.462 e. The van der Waals surface area contributed by atoms with Gasteiger partial charge in [-0.15, -0.1) is 0 Å². The summed E-state index contributed by atoms with van der Waals surface area (Å²) < 4.78 is 16.6. The zero-order valence-corrected chi connectivity index (χ0v) is 33.5. The minimum atomic E-state index is -0.792. The Hall–Kier alpha value is -3.15. The molecule has 1 unspecified atom stereocenters. The van der Waals surface area contributed by atoms with E-state index in [1.165, 1.54) is 44.9 Å². The molecular formula is C46H76O6. The van der Waals surface area contributed by atoms with Crippen LogP contribution in [0.2, 0.25) is 0 Å². The third kappa shape index (κ3) is 38.1. The van der Waals surface area contributed by atoms with Crippen LogP contribution in [-0.4, -0.2) is 37.2 Å². The molecule has 52 heavy (non-hydrogen) atoms. The van der Waals surface area contributed by atoms with E-state index < -0.39 is 6.10 Å². The van der Waals surface area contributed by atoms with Crippen molar-refractivity contribution in [3.8, 4) is 0 Å². The van der Waals surface area contributed by atoms with Crippen LogP contribution in [0.4, 0.5) is 0 Å². The Morgan fingerprint density at radius 2 is 0.846 bits per heavy atom. The van der Waals surface area contributed by atoms with Gasteiger partial charge in [-0.3, -0.25) is 14.4 Å². The standard InChI is InChI=1S/C46H76O6/c1-4-7-10-13-16-19-21-22-23-24-25-28-30-33-36-39-45(48)51-42-43(41-50-44(47)38-35-32-29-26-18-15-12-9-6-3)52-46(49)40-37-34-31-27-20-17-14-11-8-5-2/h7,9-10,12-13,16,18-19,21-23,26,43H,4-6,8,11,14-15,17,20,24-25,27-42H2,1-3H3/b10-7-,12-9-,16-13-,21-19-,23-22-,26-18-. The van der Waals surface area contributed by atoms with Crippen LogP contribution < -0.4 is 0 Å². The van der Waals surface area contributed by atoms with E-state index in [1.807, 2.05) is 24.3 Å². The van der Waals surface area contributed by atoms with Gasteiger partial charge in [-0.25, -0.2) is 0 Å². The maximum absolute atomic E-state index is 12.6. The fourth-order valence-corrected chi connectivity index (χ4v) is 5.43. The lowest BCUT2D eigenvalue weighted by molar-refractivity contribution is -0.167. The van der Waals surface area contributed by atoms with Crippen LogP contribution in [0.25, 0.3) is 0 Å². The van der Waals surface area contributed by atoms with Gasteiger partial charge in [0.25, 0.3) is 0 Å².